The quantitative estimate of drug-likeness (QED) is 0.365. The van der Waals surface area contributed by atoms with Gasteiger partial charge >= 0.3 is 0 Å². The molecule has 0 radical (unpaired) electrons. The number of hydrazine groups is 1. The summed E-state index contributed by atoms with van der Waals surface area (Å²) in [5, 5.41) is 0. The van der Waals surface area contributed by atoms with Gasteiger partial charge in [-0.25, -0.2) is 0 Å². The predicted octanol–water partition coefficient (Wildman–Crippen LogP) is 1.44. The van der Waals surface area contributed by atoms with E-state index in [2.05, 4.69) is 25.9 Å². The monoisotopic (exact) mass is 154 g/mol. The lowest BCUT2D eigenvalue weighted by molar-refractivity contribution is 0.413. The molecule has 3 N–H and O–H groups in total. The third-order valence-corrected chi connectivity index (χ3v) is 2.71. The average molecular weight is 154 g/mol. The molecule has 0 aromatic carbocycles. The van der Waals surface area contributed by atoms with Crippen molar-refractivity contribution in [2.24, 2.45) is 17.2 Å². The van der Waals surface area contributed by atoms with Crippen molar-refractivity contribution in [1.82, 2.24) is 5.43 Å². The Labute approximate surface area is 68.8 Å². The van der Waals surface area contributed by atoms with Gasteiger partial charge in [0.25, 0.3) is 0 Å². The Bertz CT molecular complexity index is 152. The van der Waals surface area contributed by atoms with Crippen LogP contribution >= 0.6 is 0 Å². The molecule has 1 saturated carbocycles. The molecular formula is C9H18N2. The van der Waals surface area contributed by atoms with E-state index >= 15 is 0 Å². The van der Waals surface area contributed by atoms with Gasteiger partial charge in [0.2, 0.25) is 0 Å². The van der Waals surface area contributed by atoms with E-state index in [1.807, 2.05) is 6.08 Å². The molecule has 1 aliphatic carbocycles. The SMILES string of the molecule is C=CCC(NN)C1CC1(C)C. The number of nitrogens with two attached hydrogens (primary N) is 1. The van der Waals surface area contributed by atoms with Crippen LogP contribution in [0.5, 0.6) is 0 Å². The molecule has 64 valence electrons. The molecule has 11 heavy (non-hydrogen) atoms. The molecule has 1 fully saturated rings. The number of hydrogen-bond acceptors (Lipinski definition) is 2. The summed E-state index contributed by atoms with van der Waals surface area (Å²) in [6.45, 7) is 8.28. The summed E-state index contributed by atoms with van der Waals surface area (Å²) in [6.07, 6.45) is 4.19. The Morgan fingerprint density at radius 2 is 2.36 bits per heavy atom. The fourth-order valence-corrected chi connectivity index (χ4v) is 1.72. The molecule has 2 atom stereocenters. The second-order valence-corrected chi connectivity index (χ2v) is 4.10. The van der Waals surface area contributed by atoms with E-state index in [4.69, 9.17) is 5.84 Å². The van der Waals surface area contributed by atoms with Gasteiger partial charge in [0.05, 0.1) is 0 Å². The summed E-state index contributed by atoms with van der Waals surface area (Å²) in [6, 6.07) is 0.433. The van der Waals surface area contributed by atoms with Gasteiger partial charge in [-0.15, -0.1) is 6.58 Å². The first-order valence-corrected chi connectivity index (χ1v) is 4.19. The minimum Gasteiger partial charge on any atom is -0.271 e. The average Bonchev–Trinajstić information content (AvgIpc) is 2.55. The minimum absolute atomic E-state index is 0.433. The van der Waals surface area contributed by atoms with Crippen LogP contribution in [0.25, 0.3) is 0 Å². The third kappa shape index (κ3) is 1.82. The molecule has 0 heterocycles. The van der Waals surface area contributed by atoms with E-state index in [0.29, 0.717) is 11.5 Å². The van der Waals surface area contributed by atoms with Crippen LogP contribution in [0.15, 0.2) is 12.7 Å². The normalized spacial score (nSPS) is 29.5. The van der Waals surface area contributed by atoms with E-state index in [9.17, 15) is 0 Å². The summed E-state index contributed by atoms with van der Waals surface area (Å²) >= 11 is 0. The lowest BCUT2D eigenvalue weighted by atomic mass is 10.0. The highest BCUT2D eigenvalue weighted by Crippen LogP contribution is 2.53. The maximum Gasteiger partial charge on any atom is 0.0278 e. The Morgan fingerprint density at radius 1 is 1.82 bits per heavy atom. The van der Waals surface area contributed by atoms with Crippen LogP contribution in [0.3, 0.4) is 0 Å². The van der Waals surface area contributed by atoms with Crippen molar-refractivity contribution in [3.8, 4) is 0 Å². The Kier molecular flexibility index (Phi) is 2.35. The van der Waals surface area contributed by atoms with Gasteiger partial charge in [0, 0.05) is 6.04 Å². The van der Waals surface area contributed by atoms with Gasteiger partial charge in [-0.1, -0.05) is 19.9 Å². The van der Waals surface area contributed by atoms with Crippen molar-refractivity contribution in [2.45, 2.75) is 32.7 Å². The highest BCUT2D eigenvalue weighted by molar-refractivity contribution is 5.02. The van der Waals surface area contributed by atoms with Gasteiger partial charge in [0.1, 0.15) is 0 Å². The van der Waals surface area contributed by atoms with Crippen LogP contribution in [0, 0.1) is 11.3 Å². The standard InChI is InChI=1S/C9H18N2/c1-4-5-8(11-10)7-6-9(7,2)3/h4,7-8,11H,1,5-6,10H2,2-3H3. The van der Waals surface area contributed by atoms with Gasteiger partial charge in [-0.2, -0.15) is 0 Å². The summed E-state index contributed by atoms with van der Waals surface area (Å²) in [5.41, 5.74) is 3.35. The molecule has 0 amide bonds. The molecule has 0 saturated heterocycles. The second-order valence-electron chi connectivity index (χ2n) is 4.10. The zero-order chi connectivity index (χ0) is 8.48. The van der Waals surface area contributed by atoms with Crippen molar-refractivity contribution >= 4 is 0 Å². The smallest absolute Gasteiger partial charge is 0.0278 e. The lowest BCUT2D eigenvalue weighted by Gasteiger charge is -2.14. The van der Waals surface area contributed by atoms with Crippen LogP contribution in [0.2, 0.25) is 0 Å². The van der Waals surface area contributed by atoms with E-state index in [0.717, 1.165) is 12.3 Å². The zero-order valence-corrected chi connectivity index (χ0v) is 7.43. The summed E-state index contributed by atoms with van der Waals surface area (Å²) in [4.78, 5) is 0. The second kappa shape index (κ2) is 2.95. The first-order chi connectivity index (χ1) is 5.11. The van der Waals surface area contributed by atoms with Crippen molar-refractivity contribution in [3.05, 3.63) is 12.7 Å². The molecule has 2 unspecified atom stereocenters. The van der Waals surface area contributed by atoms with E-state index < -0.39 is 0 Å². The molecule has 1 rings (SSSR count). The third-order valence-electron chi connectivity index (χ3n) is 2.71. The first kappa shape index (κ1) is 8.75. The van der Waals surface area contributed by atoms with Gasteiger partial charge in [-0.05, 0) is 24.2 Å². The molecule has 0 aromatic rings. The number of hydrogen-bond donors (Lipinski definition) is 2. The predicted molar refractivity (Wildman–Crippen MR) is 47.8 cm³/mol. The number of nitrogens with one attached hydrogen (secondary N) is 1. The van der Waals surface area contributed by atoms with Gasteiger partial charge < -0.3 is 0 Å². The maximum absolute atomic E-state index is 5.42. The Morgan fingerprint density at radius 3 is 2.64 bits per heavy atom. The molecule has 2 heteroatoms. The van der Waals surface area contributed by atoms with E-state index in [-0.39, 0.29) is 0 Å². The largest absolute Gasteiger partial charge is 0.271 e. The van der Waals surface area contributed by atoms with Crippen LogP contribution in [-0.2, 0) is 0 Å². The van der Waals surface area contributed by atoms with Crippen LogP contribution < -0.4 is 11.3 Å². The van der Waals surface area contributed by atoms with Crippen molar-refractivity contribution in [1.29, 1.82) is 0 Å². The zero-order valence-electron chi connectivity index (χ0n) is 7.43. The Balaban J connectivity index is 2.39. The van der Waals surface area contributed by atoms with Crippen LogP contribution in [0.1, 0.15) is 26.7 Å². The maximum atomic E-state index is 5.42. The summed E-state index contributed by atoms with van der Waals surface area (Å²) < 4.78 is 0. The van der Waals surface area contributed by atoms with Crippen LogP contribution in [0.4, 0.5) is 0 Å². The molecule has 0 bridgehead atoms. The first-order valence-electron chi connectivity index (χ1n) is 4.19. The number of rotatable bonds is 4. The molecular weight excluding hydrogens is 136 g/mol. The molecule has 1 aliphatic rings. The van der Waals surface area contributed by atoms with E-state index in [1.54, 1.807) is 0 Å². The topological polar surface area (TPSA) is 38.0 Å². The highest BCUT2D eigenvalue weighted by atomic mass is 15.2. The molecule has 0 aliphatic heterocycles. The Hall–Kier alpha value is -0.340. The molecule has 2 nitrogen and oxygen atoms in total. The van der Waals surface area contributed by atoms with Gasteiger partial charge in [-0.3, -0.25) is 11.3 Å². The van der Waals surface area contributed by atoms with E-state index in [1.165, 1.54) is 6.42 Å². The van der Waals surface area contributed by atoms with Gasteiger partial charge in [0.15, 0.2) is 0 Å². The van der Waals surface area contributed by atoms with Crippen molar-refractivity contribution in [3.63, 3.8) is 0 Å². The molecule has 0 aromatic heterocycles. The fourth-order valence-electron chi connectivity index (χ4n) is 1.72. The lowest BCUT2D eigenvalue weighted by Crippen LogP contribution is -2.37. The fraction of sp³-hybridized carbons (Fsp3) is 0.778. The minimum atomic E-state index is 0.433. The van der Waals surface area contributed by atoms with Crippen LogP contribution in [-0.4, -0.2) is 6.04 Å². The van der Waals surface area contributed by atoms with Crippen molar-refractivity contribution in [2.75, 3.05) is 0 Å². The summed E-state index contributed by atoms with van der Waals surface area (Å²) in [7, 11) is 0. The molecule has 0 spiro atoms. The summed E-state index contributed by atoms with van der Waals surface area (Å²) in [5.74, 6) is 6.16. The highest BCUT2D eigenvalue weighted by Gasteiger charge is 2.49. The van der Waals surface area contributed by atoms with Crippen molar-refractivity contribution < 1.29 is 0 Å².